The second-order valence-electron chi connectivity index (χ2n) is 12.0. The SMILES string of the molecule is c1ccc(-c2ccc(N(c3ccc4oc5ccc6nc(-c7ccccc7)oc6c5c4c3)c3cccc4c3oc3ccccc34)cc2)cc1. The van der Waals surface area contributed by atoms with E-state index in [4.69, 9.17) is 18.2 Å². The zero-order valence-electron chi connectivity index (χ0n) is 25.6. The highest BCUT2D eigenvalue weighted by atomic mass is 16.4. The number of benzene rings is 7. The normalized spacial score (nSPS) is 11.8. The Balaban J connectivity index is 1.20. The third-order valence-electron chi connectivity index (χ3n) is 9.11. The molecule has 226 valence electrons. The van der Waals surface area contributed by atoms with Gasteiger partial charge in [0.25, 0.3) is 0 Å². The van der Waals surface area contributed by atoms with E-state index in [1.165, 1.54) is 5.56 Å². The lowest BCUT2D eigenvalue weighted by Gasteiger charge is -2.26. The minimum Gasteiger partial charge on any atom is -0.456 e. The lowest BCUT2D eigenvalue weighted by molar-refractivity contribution is 0.622. The van der Waals surface area contributed by atoms with E-state index in [0.29, 0.717) is 11.5 Å². The third-order valence-corrected chi connectivity index (χ3v) is 9.11. The van der Waals surface area contributed by atoms with E-state index in [9.17, 15) is 0 Å². The Kier molecular flexibility index (Phi) is 5.81. The van der Waals surface area contributed by atoms with Gasteiger partial charge in [-0.25, -0.2) is 4.98 Å². The molecule has 5 heteroatoms. The molecule has 7 aromatic carbocycles. The molecule has 0 aliphatic heterocycles. The summed E-state index contributed by atoms with van der Waals surface area (Å²) in [5, 5.41) is 4.01. The van der Waals surface area contributed by atoms with Gasteiger partial charge in [0.15, 0.2) is 11.2 Å². The summed E-state index contributed by atoms with van der Waals surface area (Å²) in [5.41, 5.74) is 10.9. The van der Waals surface area contributed by atoms with E-state index in [1.54, 1.807) is 0 Å². The first-order valence-corrected chi connectivity index (χ1v) is 16.0. The number of rotatable bonds is 5. The highest BCUT2D eigenvalue weighted by Gasteiger charge is 2.22. The standard InChI is InChI=1S/C43H26N2O3/c1-3-10-27(11-4-1)28-18-20-30(21-19-28)45(36-16-9-15-33-32-14-7-8-17-37(32)47-41(33)36)31-22-24-38-34(26-31)40-39(46-38)25-23-35-42(40)48-43(44-35)29-12-5-2-6-13-29/h1-26H. The van der Waals surface area contributed by atoms with Gasteiger partial charge in [0, 0.05) is 33.1 Å². The summed E-state index contributed by atoms with van der Waals surface area (Å²) in [6.07, 6.45) is 0. The van der Waals surface area contributed by atoms with Crippen molar-refractivity contribution in [3.63, 3.8) is 0 Å². The second-order valence-corrected chi connectivity index (χ2v) is 12.0. The first-order chi connectivity index (χ1) is 23.8. The predicted molar refractivity (Wildman–Crippen MR) is 194 cm³/mol. The summed E-state index contributed by atoms with van der Waals surface area (Å²) in [6.45, 7) is 0. The zero-order valence-corrected chi connectivity index (χ0v) is 25.6. The summed E-state index contributed by atoms with van der Waals surface area (Å²) in [5.74, 6) is 0.584. The van der Waals surface area contributed by atoms with Crippen molar-refractivity contribution >= 4 is 72.0 Å². The Labute approximate surface area is 274 Å². The topological polar surface area (TPSA) is 55.6 Å². The van der Waals surface area contributed by atoms with Crippen molar-refractivity contribution in [1.29, 1.82) is 0 Å². The summed E-state index contributed by atoms with van der Waals surface area (Å²) in [6, 6.07) is 53.9. The summed E-state index contributed by atoms with van der Waals surface area (Å²) in [4.78, 5) is 7.09. The predicted octanol–water partition coefficient (Wildman–Crippen LogP) is 12.4. The number of aromatic nitrogens is 1. The Morgan fingerprint density at radius 1 is 0.417 bits per heavy atom. The van der Waals surface area contributed by atoms with E-state index in [1.807, 2.05) is 66.7 Å². The van der Waals surface area contributed by atoms with Gasteiger partial charge >= 0.3 is 0 Å². The molecule has 0 radical (unpaired) electrons. The lowest BCUT2D eigenvalue weighted by Crippen LogP contribution is -2.10. The number of para-hydroxylation sites is 2. The van der Waals surface area contributed by atoms with Crippen LogP contribution < -0.4 is 4.90 Å². The number of furan rings is 2. The minimum absolute atomic E-state index is 0.584. The van der Waals surface area contributed by atoms with Crippen molar-refractivity contribution in [2.45, 2.75) is 0 Å². The summed E-state index contributed by atoms with van der Waals surface area (Å²) >= 11 is 0. The number of hydrogen-bond acceptors (Lipinski definition) is 5. The van der Waals surface area contributed by atoms with Crippen LogP contribution in [0.25, 0.3) is 77.6 Å². The molecule has 48 heavy (non-hydrogen) atoms. The average Bonchev–Trinajstić information content (AvgIpc) is 3.86. The lowest BCUT2D eigenvalue weighted by atomic mass is 10.0. The van der Waals surface area contributed by atoms with E-state index in [-0.39, 0.29) is 0 Å². The Bertz CT molecular complexity index is 2770. The van der Waals surface area contributed by atoms with Gasteiger partial charge in [-0.15, -0.1) is 0 Å². The molecule has 0 aliphatic carbocycles. The van der Waals surface area contributed by atoms with Crippen LogP contribution in [-0.2, 0) is 0 Å². The molecule has 0 aliphatic rings. The monoisotopic (exact) mass is 618 g/mol. The van der Waals surface area contributed by atoms with Crippen LogP contribution in [0, 0.1) is 0 Å². The second kappa shape index (κ2) is 10.5. The molecule has 0 atom stereocenters. The molecule has 5 nitrogen and oxygen atoms in total. The molecule has 0 spiro atoms. The number of hydrogen-bond donors (Lipinski definition) is 0. The van der Waals surface area contributed by atoms with Gasteiger partial charge in [-0.1, -0.05) is 91.0 Å². The molecule has 0 N–H and O–H groups in total. The summed E-state index contributed by atoms with van der Waals surface area (Å²) in [7, 11) is 0. The van der Waals surface area contributed by atoms with Gasteiger partial charge in [-0.3, -0.25) is 0 Å². The van der Waals surface area contributed by atoms with E-state index >= 15 is 0 Å². The molecular formula is C43H26N2O3. The Hall–Kier alpha value is -6.59. The zero-order chi connectivity index (χ0) is 31.6. The molecule has 0 amide bonds. The summed E-state index contributed by atoms with van der Waals surface area (Å²) < 4.78 is 19.4. The molecule has 0 saturated carbocycles. The number of oxazole rings is 1. The molecule has 0 unspecified atom stereocenters. The van der Waals surface area contributed by atoms with E-state index in [0.717, 1.165) is 77.6 Å². The van der Waals surface area contributed by atoms with Crippen molar-refractivity contribution in [2.75, 3.05) is 4.90 Å². The van der Waals surface area contributed by atoms with Crippen LogP contribution in [0.4, 0.5) is 17.1 Å². The fourth-order valence-electron chi connectivity index (χ4n) is 6.85. The van der Waals surface area contributed by atoms with Gasteiger partial charge in [0.05, 0.1) is 11.1 Å². The molecule has 3 heterocycles. The Morgan fingerprint density at radius 2 is 1.08 bits per heavy atom. The van der Waals surface area contributed by atoms with Gasteiger partial charge in [0.1, 0.15) is 22.3 Å². The maximum Gasteiger partial charge on any atom is 0.227 e. The maximum absolute atomic E-state index is 6.56. The van der Waals surface area contributed by atoms with Crippen LogP contribution in [0.5, 0.6) is 0 Å². The number of nitrogens with zero attached hydrogens (tertiary/aromatic N) is 2. The molecular weight excluding hydrogens is 592 g/mol. The molecule has 0 fully saturated rings. The first kappa shape index (κ1) is 26.6. The van der Waals surface area contributed by atoms with Crippen molar-refractivity contribution in [2.24, 2.45) is 0 Å². The number of anilines is 3. The van der Waals surface area contributed by atoms with Crippen molar-refractivity contribution in [1.82, 2.24) is 4.98 Å². The minimum atomic E-state index is 0.584. The van der Waals surface area contributed by atoms with Crippen LogP contribution in [0.3, 0.4) is 0 Å². The quantitative estimate of drug-likeness (QED) is 0.192. The first-order valence-electron chi connectivity index (χ1n) is 16.0. The van der Waals surface area contributed by atoms with Crippen LogP contribution in [0.2, 0.25) is 0 Å². The smallest absolute Gasteiger partial charge is 0.227 e. The van der Waals surface area contributed by atoms with Crippen molar-refractivity contribution in [3.8, 4) is 22.6 Å². The molecule has 10 aromatic rings. The third kappa shape index (κ3) is 4.15. The Morgan fingerprint density at radius 3 is 1.92 bits per heavy atom. The van der Waals surface area contributed by atoms with Gasteiger partial charge in [-0.2, -0.15) is 0 Å². The van der Waals surface area contributed by atoms with Crippen LogP contribution in [0.1, 0.15) is 0 Å². The fraction of sp³-hybridized carbons (Fsp3) is 0. The fourth-order valence-corrected chi connectivity index (χ4v) is 6.85. The van der Waals surface area contributed by atoms with Crippen LogP contribution >= 0.6 is 0 Å². The van der Waals surface area contributed by atoms with Crippen molar-refractivity contribution < 1.29 is 13.3 Å². The molecule has 0 saturated heterocycles. The van der Waals surface area contributed by atoms with Crippen LogP contribution in [-0.4, -0.2) is 4.98 Å². The van der Waals surface area contributed by atoms with E-state index in [2.05, 4.69) is 95.9 Å². The molecule has 0 bridgehead atoms. The van der Waals surface area contributed by atoms with Gasteiger partial charge in [-0.05, 0) is 77.9 Å². The highest BCUT2D eigenvalue weighted by Crippen LogP contribution is 2.45. The van der Waals surface area contributed by atoms with E-state index < -0.39 is 0 Å². The molecule has 3 aromatic heterocycles. The van der Waals surface area contributed by atoms with Crippen LogP contribution in [0.15, 0.2) is 171 Å². The van der Waals surface area contributed by atoms with Gasteiger partial charge < -0.3 is 18.2 Å². The maximum atomic E-state index is 6.56. The average molecular weight is 619 g/mol. The number of fused-ring (bicyclic) bond motifs is 8. The van der Waals surface area contributed by atoms with Gasteiger partial charge in [0.2, 0.25) is 5.89 Å². The molecule has 10 rings (SSSR count). The highest BCUT2D eigenvalue weighted by molar-refractivity contribution is 6.17. The largest absolute Gasteiger partial charge is 0.456 e. The van der Waals surface area contributed by atoms with Crippen molar-refractivity contribution in [3.05, 3.63) is 158 Å².